The lowest BCUT2D eigenvalue weighted by Gasteiger charge is -2.45. The monoisotopic (exact) mass is 513 g/mol. The van der Waals surface area contributed by atoms with Crippen molar-refractivity contribution in [1.29, 1.82) is 0 Å². The second-order valence-electron chi connectivity index (χ2n) is 10.6. The molecule has 1 aromatic heterocycles. The Balaban J connectivity index is 1.84. The minimum absolute atomic E-state index is 0.0556. The van der Waals surface area contributed by atoms with Crippen molar-refractivity contribution in [1.82, 2.24) is 4.98 Å². The third kappa shape index (κ3) is 5.64. The van der Waals surface area contributed by atoms with Gasteiger partial charge in [0, 0.05) is 11.5 Å². The zero-order valence-electron chi connectivity index (χ0n) is 22.6. The Bertz CT molecular complexity index is 1180. The summed E-state index contributed by atoms with van der Waals surface area (Å²) in [6, 6.07) is 34.8. The van der Waals surface area contributed by atoms with Crippen LogP contribution < -0.4 is 10.6 Å². The van der Waals surface area contributed by atoms with Crippen molar-refractivity contribution in [3.63, 3.8) is 0 Å². The Morgan fingerprint density at radius 1 is 0.639 bits per heavy atom. The van der Waals surface area contributed by atoms with E-state index in [2.05, 4.69) is 139 Å². The first-order chi connectivity index (χ1) is 17.3. The number of hydrogen-bond donors (Lipinski definition) is 0. The fraction of sp³-hybridized carbons (Fsp3) is 0.344. The van der Waals surface area contributed by atoms with E-state index in [1.54, 1.807) is 0 Å². The quantitative estimate of drug-likeness (QED) is 0.156. The highest BCUT2D eigenvalue weighted by Gasteiger charge is 2.47. The molecular formula is C32H40NOPSi. The third-order valence-corrected chi connectivity index (χ3v) is 16.1. The van der Waals surface area contributed by atoms with Crippen molar-refractivity contribution in [2.75, 3.05) is 6.16 Å². The van der Waals surface area contributed by atoms with E-state index in [9.17, 15) is 0 Å². The number of hydrogen-bond acceptors (Lipinski definition) is 2. The van der Waals surface area contributed by atoms with E-state index >= 15 is 0 Å². The molecule has 0 N–H and O–H groups in total. The van der Waals surface area contributed by atoms with E-state index in [4.69, 9.17) is 9.41 Å². The van der Waals surface area contributed by atoms with Gasteiger partial charge in [-0.15, -0.1) is 0 Å². The fourth-order valence-electron chi connectivity index (χ4n) is 5.85. The third-order valence-electron chi connectivity index (χ3n) is 7.49. The molecule has 0 saturated carbocycles. The number of aromatic nitrogens is 1. The van der Waals surface area contributed by atoms with Crippen molar-refractivity contribution in [3.05, 3.63) is 103 Å². The second kappa shape index (κ2) is 11.8. The molecule has 0 aliphatic rings. The number of nitrogens with zero attached hydrogens (tertiary/aromatic N) is 1. The molecule has 0 spiro atoms. The van der Waals surface area contributed by atoms with Crippen molar-refractivity contribution in [2.45, 2.75) is 64.3 Å². The number of fused-ring (bicyclic) bond motifs is 1. The molecule has 4 aromatic rings. The van der Waals surface area contributed by atoms with Gasteiger partial charge >= 0.3 is 0 Å². The van der Waals surface area contributed by atoms with Crippen molar-refractivity contribution < 1.29 is 4.43 Å². The summed E-state index contributed by atoms with van der Waals surface area (Å²) >= 11 is 0. The van der Waals surface area contributed by atoms with Crippen LogP contribution in [-0.4, -0.2) is 19.5 Å². The van der Waals surface area contributed by atoms with Crippen molar-refractivity contribution >= 4 is 37.8 Å². The molecule has 1 heterocycles. The van der Waals surface area contributed by atoms with Gasteiger partial charge in [0.1, 0.15) is 0 Å². The van der Waals surface area contributed by atoms with E-state index in [0.29, 0.717) is 16.6 Å². The van der Waals surface area contributed by atoms with Crippen LogP contribution in [0.5, 0.6) is 0 Å². The van der Waals surface area contributed by atoms with Gasteiger partial charge in [-0.05, 0) is 47.3 Å². The highest BCUT2D eigenvalue weighted by Crippen LogP contribution is 2.48. The predicted molar refractivity (Wildman–Crippen MR) is 161 cm³/mol. The normalized spacial score (nSPS) is 13.3. The van der Waals surface area contributed by atoms with Crippen LogP contribution in [-0.2, 0) is 4.43 Å². The Morgan fingerprint density at radius 3 is 1.67 bits per heavy atom. The maximum Gasteiger partial charge on any atom is 0.201 e. The smallest absolute Gasteiger partial charge is 0.201 e. The fourth-order valence-corrected chi connectivity index (χ4v) is 13.9. The van der Waals surface area contributed by atoms with Crippen molar-refractivity contribution in [2.24, 2.45) is 0 Å². The van der Waals surface area contributed by atoms with Crippen LogP contribution in [0, 0.1) is 0 Å². The molecule has 36 heavy (non-hydrogen) atoms. The Hall–Kier alpha value is -2.32. The molecule has 0 radical (unpaired) electrons. The predicted octanol–water partition coefficient (Wildman–Crippen LogP) is 8.60. The van der Waals surface area contributed by atoms with Crippen molar-refractivity contribution in [3.8, 4) is 0 Å². The van der Waals surface area contributed by atoms with Gasteiger partial charge in [0.25, 0.3) is 0 Å². The van der Waals surface area contributed by atoms with Crippen LogP contribution >= 0.6 is 7.92 Å². The van der Waals surface area contributed by atoms with Gasteiger partial charge in [-0.3, -0.25) is 4.98 Å². The molecule has 188 valence electrons. The summed E-state index contributed by atoms with van der Waals surface area (Å²) < 4.78 is 7.52. The van der Waals surface area contributed by atoms with Crippen LogP contribution in [0.25, 0.3) is 10.9 Å². The highest BCUT2D eigenvalue weighted by atomic mass is 31.1. The standard InChI is InChI=1S/C32H40NOPSi/c1-24(2)36(25(3)4,26(5)6)34-32(31-22-21-27-15-13-14-20-30(27)33-31)23-35(28-16-9-7-10-17-28)29-18-11-8-12-19-29/h7-22,24-26,32H,23H2,1-6H3/t32-/m0/s1. The average molecular weight is 514 g/mol. The summed E-state index contributed by atoms with van der Waals surface area (Å²) in [5.74, 6) is 0. The van der Waals surface area contributed by atoms with E-state index in [-0.39, 0.29) is 6.10 Å². The minimum atomic E-state index is -2.14. The van der Waals surface area contributed by atoms with E-state index in [1.807, 2.05) is 0 Å². The first-order valence-electron chi connectivity index (χ1n) is 13.2. The summed E-state index contributed by atoms with van der Waals surface area (Å²) in [4.78, 5) is 5.19. The molecule has 0 aliphatic carbocycles. The first kappa shape index (κ1) is 26.7. The summed E-state index contributed by atoms with van der Waals surface area (Å²) in [5.41, 5.74) is 3.64. The van der Waals surface area contributed by atoms with Crippen LogP contribution in [0.3, 0.4) is 0 Å². The molecule has 0 saturated heterocycles. The van der Waals surface area contributed by atoms with Crippen LogP contribution in [0.1, 0.15) is 53.3 Å². The summed E-state index contributed by atoms with van der Waals surface area (Å²) in [7, 11) is -2.75. The molecule has 1 atom stereocenters. The van der Waals surface area contributed by atoms with Crippen LogP contribution in [0.4, 0.5) is 0 Å². The molecular weight excluding hydrogens is 473 g/mol. The summed E-state index contributed by atoms with van der Waals surface area (Å²) in [6.45, 7) is 14.2. The van der Waals surface area contributed by atoms with Gasteiger partial charge in [0.2, 0.25) is 8.32 Å². The second-order valence-corrected chi connectivity index (χ2v) is 18.3. The number of pyridine rings is 1. The lowest BCUT2D eigenvalue weighted by Crippen LogP contribution is -2.49. The molecule has 0 aliphatic heterocycles. The zero-order valence-corrected chi connectivity index (χ0v) is 24.5. The Kier molecular flexibility index (Phi) is 8.77. The number of benzene rings is 3. The zero-order chi connectivity index (χ0) is 25.7. The maximum absolute atomic E-state index is 7.52. The van der Waals surface area contributed by atoms with E-state index in [0.717, 1.165) is 17.4 Å². The topological polar surface area (TPSA) is 22.1 Å². The van der Waals surface area contributed by atoms with Gasteiger partial charge in [-0.2, -0.15) is 0 Å². The number of rotatable bonds is 10. The molecule has 0 amide bonds. The van der Waals surface area contributed by atoms with Gasteiger partial charge in [-0.25, -0.2) is 0 Å². The lowest BCUT2D eigenvalue weighted by molar-refractivity contribution is 0.194. The van der Waals surface area contributed by atoms with Gasteiger partial charge < -0.3 is 4.43 Å². The SMILES string of the molecule is CC(C)[Si](O[C@@H](CP(c1ccccc1)c1ccccc1)c1ccc2ccccc2n1)(C(C)C)C(C)C. The van der Waals surface area contributed by atoms with E-state index < -0.39 is 16.2 Å². The molecule has 4 rings (SSSR count). The van der Waals surface area contributed by atoms with Gasteiger partial charge in [0.05, 0.1) is 17.3 Å². The highest BCUT2D eigenvalue weighted by molar-refractivity contribution is 7.73. The van der Waals surface area contributed by atoms with Gasteiger partial charge in [-0.1, -0.05) is 126 Å². The molecule has 2 nitrogen and oxygen atoms in total. The molecule has 0 bridgehead atoms. The Labute approximate surface area is 220 Å². The largest absolute Gasteiger partial charge is 0.407 e. The molecule has 0 unspecified atom stereocenters. The molecule has 0 fully saturated rings. The minimum Gasteiger partial charge on any atom is -0.407 e. The van der Waals surface area contributed by atoms with Crippen LogP contribution in [0.2, 0.25) is 16.6 Å². The lowest BCUT2D eigenvalue weighted by atomic mass is 10.1. The number of para-hydroxylation sites is 1. The summed E-state index contributed by atoms with van der Waals surface area (Å²) in [6.07, 6.45) is 0.871. The Morgan fingerprint density at radius 2 is 1.14 bits per heavy atom. The summed E-state index contributed by atoms with van der Waals surface area (Å²) in [5, 5.41) is 3.95. The van der Waals surface area contributed by atoms with Crippen LogP contribution in [0.15, 0.2) is 97.1 Å². The molecule has 3 aromatic carbocycles. The van der Waals surface area contributed by atoms with E-state index in [1.165, 1.54) is 16.0 Å². The molecule has 4 heteroatoms. The average Bonchev–Trinajstić information content (AvgIpc) is 2.89. The first-order valence-corrected chi connectivity index (χ1v) is 16.9. The maximum atomic E-state index is 7.52. The van der Waals surface area contributed by atoms with Gasteiger partial charge in [0.15, 0.2) is 0 Å².